The summed E-state index contributed by atoms with van der Waals surface area (Å²) < 4.78 is 12.8. The van der Waals surface area contributed by atoms with Gasteiger partial charge in [-0.25, -0.2) is 9.79 Å². The third-order valence-electron chi connectivity index (χ3n) is 5.67. The summed E-state index contributed by atoms with van der Waals surface area (Å²) in [5, 5.41) is 0. The lowest BCUT2D eigenvalue weighted by molar-refractivity contribution is -0.139. The summed E-state index contributed by atoms with van der Waals surface area (Å²) in [7, 11) is 1.63. The molecule has 0 bridgehead atoms. The van der Waals surface area contributed by atoms with E-state index >= 15 is 0 Å². The van der Waals surface area contributed by atoms with Crippen LogP contribution in [0, 0.1) is 13.8 Å². The van der Waals surface area contributed by atoms with Crippen molar-refractivity contribution in [2.45, 2.75) is 33.7 Å². The van der Waals surface area contributed by atoms with Gasteiger partial charge in [0.25, 0.3) is 5.56 Å². The van der Waals surface area contributed by atoms with Crippen LogP contribution >= 0.6 is 11.3 Å². The number of allylic oxidation sites excluding steroid dienone is 1. The molecule has 1 aliphatic heterocycles. The van der Waals surface area contributed by atoms with Gasteiger partial charge in [-0.15, -0.1) is 0 Å². The number of nitrogens with zero attached hydrogens (tertiary/aromatic N) is 2. The van der Waals surface area contributed by atoms with Crippen molar-refractivity contribution in [1.29, 1.82) is 0 Å². The van der Waals surface area contributed by atoms with E-state index in [0.717, 1.165) is 28.0 Å². The molecule has 2 heterocycles. The second-order valence-electron chi connectivity index (χ2n) is 7.94. The highest BCUT2D eigenvalue weighted by Crippen LogP contribution is 2.30. The second-order valence-corrected chi connectivity index (χ2v) is 8.94. The van der Waals surface area contributed by atoms with Crippen LogP contribution in [0.5, 0.6) is 5.75 Å². The maximum Gasteiger partial charge on any atom is 0.338 e. The van der Waals surface area contributed by atoms with Crippen LogP contribution in [0.4, 0.5) is 0 Å². The molecule has 170 valence electrons. The van der Waals surface area contributed by atoms with Gasteiger partial charge in [-0.3, -0.25) is 9.36 Å². The summed E-state index contributed by atoms with van der Waals surface area (Å²) in [5.74, 6) is 0.310. The monoisotopic (exact) mass is 462 g/mol. The number of rotatable bonds is 5. The molecule has 4 rings (SSSR count). The zero-order valence-corrected chi connectivity index (χ0v) is 20.2. The van der Waals surface area contributed by atoms with Crippen molar-refractivity contribution in [3.63, 3.8) is 0 Å². The molecule has 0 amide bonds. The van der Waals surface area contributed by atoms with Gasteiger partial charge in [0.15, 0.2) is 4.80 Å². The summed E-state index contributed by atoms with van der Waals surface area (Å²) in [6.07, 6.45) is 1.87. The van der Waals surface area contributed by atoms with E-state index in [2.05, 4.69) is 4.99 Å². The molecule has 0 fully saturated rings. The lowest BCUT2D eigenvalue weighted by Crippen LogP contribution is -2.39. The van der Waals surface area contributed by atoms with Gasteiger partial charge in [0, 0.05) is 0 Å². The molecule has 33 heavy (non-hydrogen) atoms. The van der Waals surface area contributed by atoms with Crippen molar-refractivity contribution in [3.8, 4) is 5.75 Å². The molecular weight excluding hydrogens is 436 g/mol. The van der Waals surface area contributed by atoms with Crippen LogP contribution in [-0.2, 0) is 9.53 Å². The number of benzene rings is 2. The number of aromatic nitrogens is 1. The minimum absolute atomic E-state index is 0.186. The Kier molecular flexibility index (Phi) is 6.33. The van der Waals surface area contributed by atoms with E-state index in [1.54, 1.807) is 25.5 Å². The Labute approximate surface area is 196 Å². The average molecular weight is 463 g/mol. The first-order valence-electron chi connectivity index (χ1n) is 10.7. The molecule has 0 N–H and O–H groups in total. The Balaban J connectivity index is 1.94. The van der Waals surface area contributed by atoms with Gasteiger partial charge in [-0.05, 0) is 62.6 Å². The van der Waals surface area contributed by atoms with Crippen molar-refractivity contribution in [3.05, 3.63) is 95.7 Å². The SMILES string of the molecule is CCOC(=O)C1=C(C)N=c2s/c(=C/c3ccc(OC)cc3C)c(=O)n2[C@@H]1c1ccc(C)cc1. The van der Waals surface area contributed by atoms with Crippen molar-refractivity contribution in [1.82, 2.24) is 4.57 Å². The number of fused-ring (bicyclic) bond motifs is 1. The summed E-state index contributed by atoms with van der Waals surface area (Å²) in [5.41, 5.74) is 4.63. The number of thiazole rings is 1. The highest BCUT2D eigenvalue weighted by atomic mass is 32.1. The number of methoxy groups -OCH3 is 1. The predicted octanol–water partition coefficient (Wildman–Crippen LogP) is 3.42. The first kappa shape index (κ1) is 22.7. The fourth-order valence-corrected chi connectivity index (χ4v) is 4.97. The zero-order chi connectivity index (χ0) is 23.7. The first-order valence-corrected chi connectivity index (χ1v) is 11.6. The number of hydrogen-bond donors (Lipinski definition) is 0. The lowest BCUT2D eigenvalue weighted by atomic mass is 9.95. The Morgan fingerprint density at radius 1 is 1.15 bits per heavy atom. The van der Waals surface area contributed by atoms with Crippen LogP contribution in [0.1, 0.15) is 42.1 Å². The first-order chi connectivity index (χ1) is 15.8. The zero-order valence-electron chi connectivity index (χ0n) is 19.3. The maximum atomic E-state index is 13.6. The van der Waals surface area contributed by atoms with Gasteiger partial charge in [0.2, 0.25) is 0 Å². The van der Waals surface area contributed by atoms with E-state index in [0.29, 0.717) is 20.6 Å². The number of hydrogen-bond acceptors (Lipinski definition) is 6. The third-order valence-corrected chi connectivity index (χ3v) is 6.66. The van der Waals surface area contributed by atoms with Gasteiger partial charge in [0.05, 0.1) is 35.6 Å². The standard InChI is InChI=1S/C26H26N2O4S/c1-6-32-25(30)22-17(4)27-26-28(23(22)18-9-7-15(2)8-10-18)24(29)21(33-26)14-19-11-12-20(31-5)13-16(19)3/h7-14,23H,6H2,1-5H3/b21-14+/t23-/m1/s1. The summed E-state index contributed by atoms with van der Waals surface area (Å²) in [6, 6.07) is 13.0. The molecule has 0 saturated carbocycles. The van der Waals surface area contributed by atoms with E-state index in [9.17, 15) is 9.59 Å². The highest BCUT2D eigenvalue weighted by Gasteiger charge is 2.33. The van der Waals surface area contributed by atoms with Gasteiger partial charge in [-0.2, -0.15) is 0 Å². The van der Waals surface area contributed by atoms with Gasteiger partial charge in [-0.1, -0.05) is 47.2 Å². The van der Waals surface area contributed by atoms with E-state index in [4.69, 9.17) is 9.47 Å². The molecular formula is C26H26N2O4S. The molecule has 1 aliphatic rings. The van der Waals surface area contributed by atoms with E-state index in [1.807, 2.05) is 62.4 Å². The number of aryl methyl sites for hydroxylation is 2. The van der Waals surface area contributed by atoms with Crippen LogP contribution < -0.4 is 19.6 Å². The van der Waals surface area contributed by atoms with Gasteiger partial charge < -0.3 is 9.47 Å². The number of ether oxygens (including phenoxy) is 2. The molecule has 0 radical (unpaired) electrons. The maximum absolute atomic E-state index is 13.6. The van der Waals surface area contributed by atoms with E-state index < -0.39 is 12.0 Å². The molecule has 0 spiro atoms. The molecule has 0 aliphatic carbocycles. The normalized spacial score (nSPS) is 15.8. The van der Waals surface area contributed by atoms with Crippen molar-refractivity contribution < 1.29 is 14.3 Å². The highest BCUT2D eigenvalue weighted by molar-refractivity contribution is 7.07. The van der Waals surface area contributed by atoms with Crippen molar-refractivity contribution >= 4 is 23.4 Å². The van der Waals surface area contributed by atoms with E-state index in [1.165, 1.54) is 11.3 Å². The molecule has 2 aromatic carbocycles. The van der Waals surface area contributed by atoms with Crippen LogP contribution in [0.3, 0.4) is 0 Å². The number of carbonyl (C=O) groups excluding carboxylic acids is 1. The van der Waals surface area contributed by atoms with Crippen LogP contribution in [-0.4, -0.2) is 24.3 Å². The fourth-order valence-electron chi connectivity index (χ4n) is 3.93. The predicted molar refractivity (Wildman–Crippen MR) is 129 cm³/mol. The molecule has 3 aromatic rings. The van der Waals surface area contributed by atoms with Crippen molar-refractivity contribution in [2.75, 3.05) is 13.7 Å². The van der Waals surface area contributed by atoms with Crippen molar-refractivity contribution in [2.24, 2.45) is 4.99 Å². The largest absolute Gasteiger partial charge is 0.497 e. The quantitative estimate of drug-likeness (QED) is 0.545. The minimum atomic E-state index is -0.597. The summed E-state index contributed by atoms with van der Waals surface area (Å²) >= 11 is 1.32. The average Bonchev–Trinajstić information content (AvgIpc) is 3.09. The van der Waals surface area contributed by atoms with Gasteiger partial charge in [0.1, 0.15) is 5.75 Å². The molecule has 7 heteroatoms. The summed E-state index contributed by atoms with van der Waals surface area (Å²) in [4.78, 5) is 31.7. The molecule has 0 unspecified atom stereocenters. The Bertz CT molecular complexity index is 1430. The molecule has 1 aromatic heterocycles. The van der Waals surface area contributed by atoms with Crippen LogP contribution in [0.2, 0.25) is 0 Å². The lowest BCUT2D eigenvalue weighted by Gasteiger charge is -2.24. The fraction of sp³-hybridized carbons (Fsp3) is 0.269. The second kappa shape index (κ2) is 9.19. The Morgan fingerprint density at radius 2 is 1.88 bits per heavy atom. The molecule has 6 nitrogen and oxygen atoms in total. The number of esters is 1. The van der Waals surface area contributed by atoms with Gasteiger partial charge >= 0.3 is 5.97 Å². The third kappa shape index (κ3) is 4.28. The Morgan fingerprint density at radius 3 is 2.52 bits per heavy atom. The minimum Gasteiger partial charge on any atom is -0.497 e. The van der Waals surface area contributed by atoms with Crippen LogP contribution in [0.15, 0.2) is 63.5 Å². The van der Waals surface area contributed by atoms with E-state index in [-0.39, 0.29) is 12.2 Å². The number of carbonyl (C=O) groups is 1. The smallest absolute Gasteiger partial charge is 0.338 e. The topological polar surface area (TPSA) is 69.9 Å². The Hall–Kier alpha value is -3.45. The molecule has 1 atom stereocenters. The summed E-state index contributed by atoms with van der Waals surface area (Å²) in [6.45, 7) is 7.78. The molecule has 0 saturated heterocycles. The van der Waals surface area contributed by atoms with Crippen LogP contribution in [0.25, 0.3) is 6.08 Å².